The molecular formula is C11H11N3O2. The van der Waals surface area contributed by atoms with Crippen molar-refractivity contribution in [3.63, 3.8) is 0 Å². The summed E-state index contributed by atoms with van der Waals surface area (Å²) in [5, 5.41) is 4.14. The van der Waals surface area contributed by atoms with Gasteiger partial charge in [-0.1, -0.05) is 0 Å². The summed E-state index contributed by atoms with van der Waals surface area (Å²) >= 11 is 0. The summed E-state index contributed by atoms with van der Waals surface area (Å²) in [6, 6.07) is 5.46. The highest BCUT2D eigenvalue weighted by molar-refractivity contribution is 5.65. The Morgan fingerprint density at radius 2 is 1.94 bits per heavy atom. The first-order valence-corrected chi connectivity index (χ1v) is 5.04. The van der Waals surface area contributed by atoms with Crippen LogP contribution in [0.4, 0.5) is 5.69 Å². The molecule has 0 fully saturated rings. The molecule has 5 heteroatoms. The largest absolute Gasteiger partial charge is 0.486 e. The maximum atomic E-state index is 5.94. The average molecular weight is 217 g/mol. The Balaban J connectivity index is 2.12. The number of nitrogen functional groups attached to an aromatic ring is 1. The average Bonchev–Trinajstić information content (AvgIpc) is 2.81. The van der Waals surface area contributed by atoms with E-state index in [9.17, 15) is 0 Å². The highest BCUT2D eigenvalue weighted by atomic mass is 16.6. The minimum Gasteiger partial charge on any atom is -0.486 e. The minimum atomic E-state index is 0.563. The van der Waals surface area contributed by atoms with Crippen LogP contribution in [0.2, 0.25) is 0 Å². The number of rotatable bonds is 1. The number of aromatic nitrogens is 2. The number of fused-ring (bicyclic) bond motifs is 1. The van der Waals surface area contributed by atoms with Crippen molar-refractivity contribution in [3.8, 4) is 17.2 Å². The van der Waals surface area contributed by atoms with Crippen LogP contribution in [-0.2, 0) is 0 Å². The molecule has 1 aliphatic heterocycles. The van der Waals surface area contributed by atoms with Gasteiger partial charge in [-0.3, -0.25) is 0 Å². The van der Waals surface area contributed by atoms with Crippen LogP contribution < -0.4 is 15.2 Å². The van der Waals surface area contributed by atoms with Crippen LogP contribution >= 0.6 is 0 Å². The molecule has 1 aromatic heterocycles. The van der Waals surface area contributed by atoms with Gasteiger partial charge in [0.05, 0.1) is 11.4 Å². The first-order chi connectivity index (χ1) is 7.84. The summed E-state index contributed by atoms with van der Waals surface area (Å²) in [5.74, 6) is 1.41. The molecule has 0 saturated carbocycles. The van der Waals surface area contributed by atoms with Crippen LogP contribution in [0.25, 0.3) is 5.69 Å². The Labute approximate surface area is 92.4 Å². The lowest BCUT2D eigenvalue weighted by Crippen LogP contribution is -2.16. The Hall–Kier alpha value is -2.17. The number of hydrogen-bond donors (Lipinski definition) is 1. The summed E-state index contributed by atoms with van der Waals surface area (Å²) in [6.07, 6.45) is 3.54. The fourth-order valence-corrected chi connectivity index (χ4v) is 1.70. The van der Waals surface area contributed by atoms with Crippen molar-refractivity contribution in [1.29, 1.82) is 0 Å². The number of nitrogens with two attached hydrogens (primary N) is 1. The molecule has 2 aromatic rings. The van der Waals surface area contributed by atoms with Crippen LogP contribution in [0.15, 0.2) is 30.6 Å². The van der Waals surface area contributed by atoms with Gasteiger partial charge in [-0.15, -0.1) is 0 Å². The molecule has 2 N–H and O–H groups in total. The molecule has 82 valence electrons. The molecule has 0 spiro atoms. The van der Waals surface area contributed by atoms with Crippen molar-refractivity contribution < 1.29 is 9.47 Å². The van der Waals surface area contributed by atoms with E-state index in [1.165, 1.54) is 0 Å². The Kier molecular flexibility index (Phi) is 1.96. The van der Waals surface area contributed by atoms with E-state index in [-0.39, 0.29) is 0 Å². The molecule has 3 rings (SSSR count). The van der Waals surface area contributed by atoms with Gasteiger partial charge in [0.15, 0.2) is 11.5 Å². The zero-order chi connectivity index (χ0) is 11.0. The number of nitrogens with zero attached hydrogens (tertiary/aromatic N) is 2. The number of ether oxygens (including phenoxy) is 2. The first kappa shape index (κ1) is 9.08. The molecule has 2 heterocycles. The molecule has 0 saturated heterocycles. The third kappa shape index (κ3) is 1.37. The lowest BCUT2D eigenvalue weighted by atomic mass is 10.2. The lowest BCUT2D eigenvalue weighted by Gasteiger charge is -2.20. The smallest absolute Gasteiger partial charge is 0.163 e. The first-order valence-electron chi connectivity index (χ1n) is 5.04. The van der Waals surface area contributed by atoms with Crippen molar-refractivity contribution in [2.24, 2.45) is 0 Å². The third-order valence-electron chi connectivity index (χ3n) is 2.44. The normalized spacial score (nSPS) is 13.8. The van der Waals surface area contributed by atoms with E-state index in [0.29, 0.717) is 30.4 Å². The molecule has 16 heavy (non-hydrogen) atoms. The molecule has 5 nitrogen and oxygen atoms in total. The van der Waals surface area contributed by atoms with Gasteiger partial charge in [-0.05, 0) is 6.07 Å². The molecule has 1 aromatic carbocycles. The predicted molar refractivity (Wildman–Crippen MR) is 59.0 cm³/mol. The molecule has 0 radical (unpaired) electrons. The van der Waals surface area contributed by atoms with E-state index in [1.807, 2.05) is 18.3 Å². The zero-order valence-corrected chi connectivity index (χ0v) is 8.59. The molecule has 0 bridgehead atoms. The van der Waals surface area contributed by atoms with Crippen LogP contribution in [0.5, 0.6) is 11.5 Å². The van der Waals surface area contributed by atoms with E-state index in [4.69, 9.17) is 15.2 Å². The fourth-order valence-electron chi connectivity index (χ4n) is 1.70. The predicted octanol–water partition coefficient (Wildman–Crippen LogP) is 1.23. The summed E-state index contributed by atoms with van der Waals surface area (Å²) in [6.45, 7) is 1.13. The highest BCUT2D eigenvalue weighted by Gasteiger charge is 2.15. The van der Waals surface area contributed by atoms with Crippen molar-refractivity contribution in [2.75, 3.05) is 18.9 Å². The molecule has 0 aliphatic carbocycles. The highest BCUT2D eigenvalue weighted by Crippen LogP contribution is 2.35. The quantitative estimate of drug-likeness (QED) is 0.730. The monoisotopic (exact) mass is 217 g/mol. The second-order valence-electron chi connectivity index (χ2n) is 3.51. The minimum absolute atomic E-state index is 0.563. The second-order valence-corrected chi connectivity index (χ2v) is 3.51. The summed E-state index contributed by atoms with van der Waals surface area (Å²) in [7, 11) is 0. The zero-order valence-electron chi connectivity index (χ0n) is 8.59. The van der Waals surface area contributed by atoms with Gasteiger partial charge in [0, 0.05) is 24.5 Å². The van der Waals surface area contributed by atoms with Crippen molar-refractivity contribution in [2.45, 2.75) is 0 Å². The number of anilines is 1. The second kappa shape index (κ2) is 3.44. The van der Waals surface area contributed by atoms with Gasteiger partial charge in [0.1, 0.15) is 13.2 Å². The number of benzene rings is 1. The van der Waals surface area contributed by atoms with E-state index in [1.54, 1.807) is 16.9 Å². The summed E-state index contributed by atoms with van der Waals surface area (Å²) in [5.41, 5.74) is 7.36. The van der Waals surface area contributed by atoms with Gasteiger partial charge < -0.3 is 15.2 Å². The van der Waals surface area contributed by atoms with Gasteiger partial charge in [0.25, 0.3) is 0 Å². The Morgan fingerprint density at radius 3 is 2.62 bits per heavy atom. The van der Waals surface area contributed by atoms with Gasteiger partial charge in [0.2, 0.25) is 0 Å². The van der Waals surface area contributed by atoms with Crippen molar-refractivity contribution >= 4 is 5.69 Å². The van der Waals surface area contributed by atoms with Gasteiger partial charge >= 0.3 is 0 Å². The van der Waals surface area contributed by atoms with Gasteiger partial charge in [-0.2, -0.15) is 5.10 Å². The van der Waals surface area contributed by atoms with E-state index < -0.39 is 0 Å². The van der Waals surface area contributed by atoms with Crippen LogP contribution in [0.3, 0.4) is 0 Å². The summed E-state index contributed by atoms with van der Waals surface area (Å²) in [4.78, 5) is 0. The van der Waals surface area contributed by atoms with Crippen molar-refractivity contribution in [3.05, 3.63) is 30.6 Å². The van der Waals surface area contributed by atoms with Crippen LogP contribution in [0, 0.1) is 0 Å². The third-order valence-corrected chi connectivity index (χ3v) is 2.44. The maximum absolute atomic E-state index is 5.94. The maximum Gasteiger partial charge on any atom is 0.163 e. The van der Waals surface area contributed by atoms with Gasteiger partial charge in [-0.25, -0.2) is 4.68 Å². The topological polar surface area (TPSA) is 62.3 Å². The molecular weight excluding hydrogens is 206 g/mol. The molecule has 0 unspecified atom stereocenters. The summed E-state index contributed by atoms with van der Waals surface area (Å²) < 4.78 is 12.6. The van der Waals surface area contributed by atoms with E-state index in [2.05, 4.69) is 5.10 Å². The van der Waals surface area contributed by atoms with Crippen molar-refractivity contribution in [1.82, 2.24) is 9.78 Å². The Morgan fingerprint density at radius 1 is 1.19 bits per heavy atom. The van der Waals surface area contributed by atoms with E-state index >= 15 is 0 Å². The fraction of sp³-hybridized carbons (Fsp3) is 0.182. The van der Waals surface area contributed by atoms with Crippen LogP contribution in [-0.4, -0.2) is 23.0 Å². The Bertz CT molecular complexity index is 508. The van der Waals surface area contributed by atoms with Crippen LogP contribution in [0.1, 0.15) is 0 Å². The standard InChI is InChI=1S/C11H11N3O2/c12-8-6-10-11(16-5-4-15-10)7-9(8)14-3-1-2-13-14/h1-3,6-7H,4-5,12H2. The van der Waals surface area contributed by atoms with E-state index in [0.717, 1.165) is 5.69 Å². The lowest BCUT2D eigenvalue weighted by molar-refractivity contribution is 0.171. The number of hydrogen-bond acceptors (Lipinski definition) is 4. The molecule has 0 atom stereocenters. The molecule has 1 aliphatic rings. The molecule has 0 amide bonds. The SMILES string of the molecule is Nc1cc2c(cc1-n1cccn1)OCCO2.